The molecule has 1 N–H and O–H groups in total. The molecule has 6 heteroatoms. The number of pyridine rings is 1. The fourth-order valence-corrected chi connectivity index (χ4v) is 2.42. The van der Waals surface area contributed by atoms with E-state index in [-0.39, 0.29) is 18.0 Å². The molecule has 0 aliphatic carbocycles. The van der Waals surface area contributed by atoms with Crippen LogP contribution in [0.25, 0.3) is 16.9 Å². The Balaban J connectivity index is 0.00000161. The van der Waals surface area contributed by atoms with Crippen LogP contribution in [0.4, 0.5) is 0 Å². The van der Waals surface area contributed by atoms with Crippen molar-refractivity contribution in [1.29, 1.82) is 0 Å². The first kappa shape index (κ1) is 15.6. The molecular formula is C15H15Cl2N3O. The molecule has 2 aliphatic heterocycles. The summed E-state index contributed by atoms with van der Waals surface area (Å²) >= 11 is 5.87. The molecule has 0 atom stereocenters. The summed E-state index contributed by atoms with van der Waals surface area (Å²) in [6.45, 7) is 2.10. The quantitative estimate of drug-likeness (QED) is 0.799. The summed E-state index contributed by atoms with van der Waals surface area (Å²) in [5.74, 6) is 0. The molecule has 4 nitrogen and oxygen atoms in total. The molecule has 0 fully saturated rings. The number of aromatic nitrogens is 3. The molecule has 0 amide bonds. The van der Waals surface area contributed by atoms with E-state index in [1.807, 2.05) is 6.20 Å². The minimum atomic E-state index is -0.114. The molecule has 2 heterocycles. The molecule has 1 aromatic carbocycles. The van der Waals surface area contributed by atoms with E-state index < -0.39 is 0 Å². The van der Waals surface area contributed by atoms with Crippen LogP contribution in [0.5, 0.6) is 0 Å². The number of aryl methyl sites for hydroxylation is 1. The fraction of sp³-hybridized carbons (Fsp3) is 0.200. The molecule has 0 spiro atoms. The van der Waals surface area contributed by atoms with Crippen molar-refractivity contribution in [3.05, 3.63) is 57.6 Å². The van der Waals surface area contributed by atoms with Gasteiger partial charge in [-0.1, -0.05) is 24.9 Å². The van der Waals surface area contributed by atoms with Crippen molar-refractivity contribution in [2.75, 3.05) is 0 Å². The largest absolute Gasteiger partial charge is 0.367 e. The number of hydrogen-bond acceptors (Lipinski definition) is 2. The highest BCUT2D eigenvalue weighted by Crippen LogP contribution is 2.22. The van der Waals surface area contributed by atoms with Crippen molar-refractivity contribution in [2.24, 2.45) is 0 Å². The molecule has 0 saturated heterocycles. The number of aromatic amines is 1. The number of H-pyrrole nitrogens is 1. The number of rotatable bonds is 3. The van der Waals surface area contributed by atoms with Gasteiger partial charge >= 0.3 is 0 Å². The van der Waals surface area contributed by atoms with Crippen LogP contribution in [0.15, 0.2) is 41.5 Å². The number of nitrogens with zero attached hydrogens (tertiary/aromatic N) is 2. The second-order valence-electron chi connectivity index (χ2n) is 4.69. The zero-order valence-corrected chi connectivity index (χ0v) is 13.0. The summed E-state index contributed by atoms with van der Waals surface area (Å²) in [7, 11) is 0. The molecule has 0 radical (unpaired) electrons. The van der Waals surface area contributed by atoms with Crippen molar-refractivity contribution in [3.63, 3.8) is 0 Å². The van der Waals surface area contributed by atoms with Crippen molar-refractivity contribution in [1.82, 2.24) is 14.8 Å². The van der Waals surface area contributed by atoms with Crippen molar-refractivity contribution < 1.29 is 0 Å². The first-order chi connectivity index (χ1) is 9.70. The second kappa shape index (κ2) is 6.33. The van der Waals surface area contributed by atoms with Crippen LogP contribution < -0.4 is 5.56 Å². The highest BCUT2D eigenvalue weighted by Gasteiger charge is 2.18. The van der Waals surface area contributed by atoms with E-state index in [2.05, 4.69) is 17.0 Å². The van der Waals surface area contributed by atoms with E-state index in [1.165, 1.54) is 4.68 Å². The Kier molecular flexibility index (Phi) is 4.70. The Bertz CT molecular complexity index is 762. The molecule has 21 heavy (non-hydrogen) atoms. The maximum Gasteiger partial charge on any atom is 0.282 e. The van der Waals surface area contributed by atoms with Crippen molar-refractivity contribution >= 4 is 24.0 Å². The smallest absolute Gasteiger partial charge is 0.282 e. The van der Waals surface area contributed by atoms with Gasteiger partial charge in [0.15, 0.2) is 0 Å². The number of hydrogen-bond donors (Lipinski definition) is 1. The van der Waals surface area contributed by atoms with Crippen LogP contribution in [0.3, 0.4) is 0 Å². The Labute approximate surface area is 133 Å². The van der Waals surface area contributed by atoms with E-state index >= 15 is 0 Å². The summed E-state index contributed by atoms with van der Waals surface area (Å²) in [6.07, 6.45) is 5.51. The predicted molar refractivity (Wildman–Crippen MR) is 87.1 cm³/mol. The third-order valence-electron chi connectivity index (χ3n) is 3.26. The molecule has 2 aliphatic rings. The van der Waals surface area contributed by atoms with Crippen LogP contribution in [0.2, 0.25) is 5.02 Å². The number of nitrogens with one attached hydrogen (secondary N) is 1. The standard InChI is InChI=1S/C15H14ClN3O.ClH/c1-2-3-10-8-17-9-13-14(10)18-19(15(13)20)12-6-4-11(16)5-7-12;/h4-9,17H,2-3H2,1H3;1H. The average Bonchev–Trinajstić information content (AvgIpc) is 2.79. The van der Waals surface area contributed by atoms with Gasteiger partial charge in [0, 0.05) is 17.4 Å². The summed E-state index contributed by atoms with van der Waals surface area (Å²) < 4.78 is 1.42. The van der Waals surface area contributed by atoms with Gasteiger partial charge in [0.2, 0.25) is 0 Å². The van der Waals surface area contributed by atoms with Crippen LogP contribution in [-0.2, 0) is 6.42 Å². The van der Waals surface area contributed by atoms with E-state index in [0.717, 1.165) is 29.8 Å². The lowest BCUT2D eigenvalue weighted by molar-refractivity contribution is 0.846. The van der Waals surface area contributed by atoms with Gasteiger partial charge < -0.3 is 4.98 Å². The molecule has 0 bridgehead atoms. The van der Waals surface area contributed by atoms with Gasteiger partial charge in [0.25, 0.3) is 5.56 Å². The van der Waals surface area contributed by atoms with Gasteiger partial charge in [-0.2, -0.15) is 9.78 Å². The summed E-state index contributed by atoms with van der Waals surface area (Å²) in [5, 5.41) is 5.11. The Hall–Kier alpha value is -1.78. The van der Waals surface area contributed by atoms with E-state index in [0.29, 0.717) is 10.6 Å². The zero-order chi connectivity index (χ0) is 14.1. The molecule has 3 rings (SSSR count). The summed E-state index contributed by atoms with van der Waals surface area (Å²) in [5.41, 5.74) is 3.06. The SMILES string of the molecule is CCCc1c[nH]cc2c(=O)n(-c3ccc(Cl)cc3)nc1-2.Cl. The summed E-state index contributed by atoms with van der Waals surface area (Å²) in [6, 6.07) is 7.08. The topological polar surface area (TPSA) is 50.7 Å². The van der Waals surface area contributed by atoms with Crippen LogP contribution in [0, 0.1) is 0 Å². The van der Waals surface area contributed by atoms with Crippen LogP contribution >= 0.6 is 24.0 Å². The Morgan fingerprint density at radius 1 is 1.24 bits per heavy atom. The first-order valence-electron chi connectivity index (χ1n) is 6.55. The molecule has 0 saturated carbocycles. The van der Waals surface area contributed by atoms with Gasteiger partial charge in [0.1, 0.15) is 5.69 Å². The maximum atomic E-state index is 12.4. The van der Waals surface area contributed by atoms with Crippen molar-refractivity contribution in [2.45, 2.75) is 19.8 Å². The average molecular weight is 324 g/mol. The highest BCUT2D eigenvalue weighted by molar-refractivity contribution is 6.30. The lowest BCUT2D eigenvalue weighted by atomic mass is 10.1. The monoisotopic (exact) mass is 323 g/mol. The van der Waals surface area contributed by atoms with E-state index in [4.69, 9.17) is 11.6 Å². The minimum Gasteiger partial charge on any atom is -0.367 e. The number of benzene rings is 1. The lowest BCUT2D eigenvalue weighted by Crippen LogP contribution is -2.14. The highest BCUT2D eigenvalue weighted by atomic mass is 35.5. The minimum absolute atomic E-state index is 0. The maximum absolute atomic E-state index is 12.4. The molecule has 0 unspecified atom stereocenters. The molecular weight excluding hydrogens is 309 g/mol. The van der Waals surface area contributed by atoms with Gasteiger partial charge in [-0.05, 0) is 36.2 Å². The molecule has 110 valence electrons. The Morgan fingerprint density at radius 3 is 2.62 bits per heavy atom. The Morgan fingerprint density at radius 2 is 1.95 bits per heavy atom. The zero-order valence-electron chi connectivity index (χ0n) is 11.5. The van der Waals surface area contributed by atoms with Gasteiger partial charge in [-0.25, -0.2) is 0 Å². The first-order valence-corrected chi connectivity index (χ1v) is 6.93. The second-order valence-corrected chi connectivity index (χ2v) is 5.12. The van der Waals surface area contributed by atoms with Gasteiger partial charge in [-0.15, -0.1) is 12.4 Å². The van der Waals surface area contributed by atoms with E-state index in [9.17, 15) is 4.79 Å². The van der Waals surface area contributed by atoms with Gasteiger partial charge in [-0.3, -0.25) is 4.79 Å². The van der Waals surface area contributed by atoms with E-state index in [1.54, 1.807) is 30.5 Å². The molecule has 0 aromatic heterocycles. The lowest BCUT2D eigenvalue weighted by Gasteiger charge is -2.02. The molecule has 1 aromatic rings. The van der Waals surface area contributed by atoms with Crippen molar-refractivity contribution in [3.8, 4) is 16.9 Å². The van der Waals surface area contributed by atoms with Crippen LogP contribution in [-0.4, -0.2) is 14.8 Å². The predicted octanol–water partition coefficient (Wildman–Crippen LogP) is 3.69. The van der Waals surface area contributed by atoms with Crippen LogP contribution in [0.1, 0.15) is 18.9 Å². The summed E-state index contributed by atoms with van der Waals surface area (Å²) in [4.78, 5) is 15.4. The third kappa shape index (κ3) is 2.82. The third-order valence-corrected chi connectivity index (χ3v) is 3.51. The normalized spacial score (nSPS) is 10.6. The number of fused-ring (bicyclic) bond motifs is 1. The van der Waals surface area contributed by atoms with Gasteiger partial charge in [0.05, 0.1) is 11.3 Å². The number of halogens is 2. The fourth-order valence-electron chi connectivity index (χ4n) is 2.29.